The van der Waals surface area contributed by atoms with E-state index < -0.39 is 0 Å². The summed E-state index contributed by atoms with van der Waals surface area (Å²) in [5.74, 6) is 0.188. The minimum atomic E-state index is -0.00796. The number of nitrogens with one attached hydrogen (secondary N) is 1. The zero-order valence-electron chi connectivity index (χ0n) is 9.95. The van der Waals surface area contributed by atoms with Crippen LogP contribution in [0.2, 0.25) is 0 Å². The molecule has 1 aromatic carbocycles. The lowest BCUT2D eigenvalue weighted by Crippen LogP contribution is -2.27. The molecule has 0 aromatic heterocycles. The number of phenolic OH excluding ortho intramolecular Hbond substituents is 1. The minimum Gasteiger partial charge on any atom is -0.508 e. The average Bonchev–Trinajstić information content (AvgIpc) is 2.28. The average molecular weight is 300 g/mol. The van der Waals surface area contributed by atoms with Gasteiger partial charge in [0.1, 0.15) is 5.75 Å². The first-order valence-corrected chi connectivity index (χ1v) is 6.72. The van der Waals surface area contributed by atoms with Crippen LogP contribution >= 0.6 is 15.9 Å². The summed E-state index contributed by atoms with van der Waals surface area (Å²) in [6.07, 6.45) is 2.30. The first-order valence-electron chi connectivity index (χ1n) is 5.80. The van der Waals surface area contributed by atoms with Gasteiger partial charge in [-0.2, -0.15) is 0 Å². The molecule has 1 amide bonds. The summed E-state index contributed by atoms with van der Waals surface area (Å²) in [6.45, 7) is 2.79. The molecule has 2 N–H and O–H groups in total. The summed E-state index contributed by atoms with van der Waals surface area (Å²) >= 11 is 3.52. The van der Waals surface area contributed by atoms with Crippen molar-refractivity contribution in [1.29, 1.82) is 0 Å². The van der Waals surface area contributed by atoms with Crippen LogP contribution in [-0.2, 0) is 11.2 Å². The molecule has 0 aliphatic carbocycles. The van der Waals surface area contributed by atoms with E-state index in [0.717, 1.165) is 18.4 Å². The lowest BCUT2D eigenvalue weighted by molar-refractivity contribution is -0.120. The monoisotopic (exact) mass is 299 g/mol. The van der Waals surface area contributed by atoms with Crippen molar-refractivity contribution >= 4 is 21.8 Å². The third-order valence-electron chi connectivity index (χ3n) is 2.50. The number of rotatable bonds is 6. The Balaban J connectivity index is 2.30. The van der Waals surface area contributed by atoms with Crippen LogP contribution in [0.15, 0.2) is 24.3 Å². The summed E-state index contributed by atoms with van der Waals surface area (Å²) in [5.41, 5.74) is 0.827. The molecule has 0 heterocycles. The largest absolute Gasteiger partial charge is 0.508 e. The summed E-state index contributed by atoms with van der Waals surface area (Å²) in [6, 6.07) is 6.78. The van der Waals surface area contributed by atoms with Crippen LogP contribution in [0.4, 0.5) is 0 Å². The number of phenols is 1. The predicted molar refractivity (Wildman–Crippen MR) is 72.4 cm³/mol. The van der Waals surface area contributed by atoms with E-state index in [1.807, 2.05) is 6.07 Å². The highest BCUT2D eigenvalue weighted by Crippen LogP contribution is 2.11. The molecule has 1 aromatic rings. The molecule has 1 atom stereocenters. The number of hydrogen-bond acceptors (Lipinski definition) is 2. The Bertz CT molecular complexity index is 368. The number of carbonyl (C=O) groups excluding carboxylic acids is 1. The van der Waals surface area contributed by atoms with Gasteiger partial charge in [0.05, 0.1) is 6.42 Å². The number of aromatic hydroxyl groups is 1. The van der Waals surface area contributed by atoms with E-state index in [9.17, 15) is 9.90 Å². The Labute approximate surface area is 110 Å². The van der Waals surface area contributed by atoms with Crippen LogP contribution in [0.25, 0.3) is 0 Å². The first kappa shape index (κ1) is 14.0. The fraction of sp³-hybridized carbons (Fsp3) is 0.462. The number of benzene rings is 1. The SMILES string of the molecule is CCC(Br)CCNC(=O)Cc1cccc(O)c1. The Hall–Kier alpha value is -1.03. The van der Waals surface area contributed by atoms with Crippen LogP contribution in [0.5, 0.6) is 5.75 Å². The predicted octanol–water partition coefficient (Wildman–Crippen LogP) is 2.61. The number of hydrogen-bond donors (Lipinski definition) is 2. The molecule has 0 saturated heterocycles. The van der Waals surface area contributed by atoms with E-state index in [-0.39, 0.29) is 11.7 Å². The molecule has 17 heavy (non-hydrogen) atoms. The number of amides is 1. The highest BCUT2D eigenvalue weighted by atomic mass is 79.9. The number of halogens is 1. The molecule has 1 rings (SSSR count). The third-order valence-corrected chi connectivity index (χ3v) is 3.60. The van der Waals surface area contributed by atoms with Gasteiger partial charge in [-0.25, -0.2) is 0 Å². The van der Waals surface area contributed by atoms with Crippen molar-refractivity contribution in [3.63, 3.8) is 0 Å². The van der Waals surface area contributed by atoms with Gasteiger partial charge in [0.15, 0.2) is 0 Å². The van der Waals surface area contributed by atoms with Gasteiger partial charge in [0, 0.05) is 11.4 Å². The molecule has 0 aliphatic rings. The second-order valence-electron chi connectivity index (χ2n) is 3.99. The van der Waals surface area contributed by atoms with Gasteiger partial charge in [-0.05, 0) is 30.5 Å². The fourth-order valence-electron chi connectivity index (χ4n) is 1.49. The van der Waals surface area contributed by atoms with Crippen LogP contribution < -0.4 is 5.32 Å². The molecule has 0 saturated carbocycles. The van der Waals surface area contributed by atoms with Gasteiger partial charge in [-0.15, -0.1) is 0 Å². The van der Waals surface area contributed by atoms with Crippen LogP contribution in [0.3, 0.4) is 0 Å². The molecular weight excluding hydrogens is 282 g/mol. The van der Waals surface area contributed by atoms with Crippen molar-refractivity contribution in [1.82, 2.24) is 5.32 Å². The lowest BCUT2D eigenvalue weighted by atomic mass is 10.1. The van der Waals surface area contributed by atoms with Crippen molar-refractivity contribution < 1.29 is 9.90 Å². The van der Waals surface area contributed by atoms with E-state index in [2.05, 4.69) is 28.2 Å². The van der Waals surface area contributed by atoms with Gasteiger partial charge in [0.2, 0.25) is 5.91 Å². The van der Waals surface area contributed by atoms with Gasteiger partial charge >= 0.3 is 0 Å². The van der Waals surface area contributed by atoms with E-state index >= 15 is 0 Å². The van der Waals surface area contributed by atoms with Crippen molar-refractivity contribution in [2.75, 3.05) is 6.54 Å². The Morgan fingerprint density at radius 2 is 2.29 bits per heavy atom. The first-order chi connectivity index (χ1) is 8.11. The van der Waals surface area contributed by atoms with Gasteiger partial charge in [0.25, 0.3) is 0 Å². The zero-order valence-corrected chi connectivity index (χ0v) is 11.5. The second-order valence-corrected chi connectivity index (χ2v) is 5.29. The smallest absolute Gasteiger partial charge is 0.224 e. The Morgan fingerprint density at radius 3 is 2.94 bits per heavy atom. The van der Waals surface area contributed by atoms with Gasteiger partial charge < -0.3 is 10.4 Å². The van der Waals surface area contributed by atoms with Crippen molar-refractivity contribution in [2.24, 2.45) is 0 Å². The maximum atomic E-state index is 11.6. The van der Waals surface area contributed by atoms with Crippen molar-refractivity contribution in [2.45, 2.75) is 31.0 Å². The third kappa shape index (κ3) is 5.73. The zero-order chi connectivity index (χ0) is 12.7. The molecule has 0 aliphatic heterocycles. The summed E-state index contributed by atoms with van der Waals surface area (Å²) in [4.78, 5) is 12.0. The van der Waals surface area contributed by atoms with E-state index in [4.69, 9.17) is 0 Å². The van der Waals surface area contributed by atoms with E-state index in [1.54, 1.807) is 18.2 Å². The molecule has 0 bridgehead atoms. The molecule has 0 fully saturated rings. The van der Waals surface area contributed by atoms with E-state index in [0.29, 0.717) is 17.8 Å². The quantitative estimate of drug-likeness (QED) is 0.793. The van der Waals surface area contributed by atoms with E-state index in [1.165, 1.54) is 0 Å². The molecule has 3 nitrogen and oxygen atoms in total. The summed E-state index contributed by atoms with van der Waals surface area (Å²) in [7, 11) is 0. The Morgan fingerprint density at radius 1 is 1.53 bits per heavy atom. The number of alkyl halides is 1. The Kier molecular flexibility index (Phi) is 6.05. The topological polar surface area (TPSA) is 49.3 Å². The van der Waals surface area contributed by atoms with Gasteiger partial charge in [-0.1, -0.05) is 35.0 Å². The minimum absolute atomic E-state index is 0.00796. The molecule has 0 radical (unpaired) electrons. The maximum Gasteiger partial charge on any atom is 0.224 e. The van der Waals surface area contributed by atoms with Crippen molar-refractivity contribution in [3.05, 3.63) is 29.8 Å². The van der Waals surface area contributed by atoms with Gasteiger partial charge in [-0.3, -0.25) is 4.79 Å². The molecule has 1 unspecified atom stereocenters. The second kappa shape index (κ2) is 7.33. The molecule has 0 spiro atoms. The normalized spacial score (nSPS) is 12.1. The highest BCUT2D eigenvalue weighted by molar-refractivity contribution is 9.09. The summed E-state index contributed by atoms with van der Waals surface area (Å²) in [5, 5.41) is 12.1. The number of carbonyl (C=O) groups is 1. The van der Waals surface area contributed by atoms with Crippen LogP contribution in [0.1, 0.15) is 25.3 Å². The summed E-state index contributed by atoms with van der Waals surface area (Å²) < 4.78 is 0. The van der Waals surface area contributed by atoms with Crippen LogP contribution in [0, 0.1) is 0 Å². The van der Waals surface area contributed by atoms with Crippen LogP contribution in [-0.4, -0.2) is 22.4 Å². The molecular formula is C13H18BrNO2. The molecule has 4 heteroatoms. The van der Waals surface area contributed by atoms with Crippen molar-refractivity contribution in [3.8, 4) is 5.75 Å². The fourth-order valence-corrected chi connectivity index (χ4v) is 1.72. The lowest BCUT2D eigenvalue weighted by Gasteiger charge is -2.08. The highest BCUT2D eigenvalue weighted by Gasteiger charge is 2.05. The standard InChI is InChI=1S/C13H18BrNO2/c1-2-11(14)6-7-15-13(17)9-10-4-3-5-12(16)8-10/h3-5,8,11,16H,2,6-7,9H2,1H3,(H,15,17). The maximum absolute atomic E-state index is 11.6. The molecule has 94 valence electrons.